The highest BCUT2D eigenvalue weighted by atomic mass is 35.5. The van der Waals surface area contributed by atoms with E-state index in [0.29, 0.717) is 24.1 Å². The third-order valence-electron chi connectivity index (χ3n) is 2.54. The molecule has 1 aromatic carbocycles. The SMILES string of the molecule is COCCNc1nc(C)cc(Nc2cccc(Cl)c2)n1. The minimum atomic E-state index is 0.576. The van der Waals surface area contributed by atoms with E-state index in [1.807, 2.05) is 37.3 Å². The summed E-state index contributed by atoms with van der Waals surface area (Å²) in [4.78, 5) is 8.72. The number of halogens is 1. The summed E-state index contributed by atoms with van der Waals surface area (Å²) in [6.07, 6.45) is 0. The van der Waals surface area contributed by atoms with Crippen molar-refractivity contribution < 1.29 is 4.74 Å². The molecule has 5 nitrogen and oxygen atoms in total. The quantitative estimate of drug-likeness (QED) is 0.801. The van der Waals surface area contributed by atoms with Crippen LogP contribution in [0.1, 0.15) is 5.69 Å². The zero-order valence-electron chi connectivity index (χ0n) is 11.5. The number of methoxy groups -OCH3 is 1. The van der Waals surface area contributed by atoms with Crippen LogP contribution in [0.3, 0.4) is 0 Å². The van der Waals surface area contributed by atoms with E-state index in [1.165, 1.54) is 0 Å². The van der Waals surface area contributed by atoms with Crippen molar-refractivity contribution in [3.05, 3.63) is 41.0 Å². The molecule has 0 saturated carbocycles. The molecule has 0 unspecified atom stereocenters. The molecular formula is C14H17ClN4O. The number of rotatable bonds is 6. The number of nitrogens with zero attached hydrogens (tertiary/aromatic N) is 2. The first-order valence-corrected chi connectivity index (χ1v) is 6.66. The van der Waals surface area contributed by atoms with Crippen LogP contribution in [0.4, 0.5) is 17.5 Å². The van der Waals surface area contributed by atoms with Crippen molar-refractivity contribution in [2.45, 2.75) is 6.92 Å². The molecule has 0 radical (unpaired) electrons. The third kappa shape index (κ3) is 4.36. The molecule has 6 heteroatoms. The number of anilines is 3. The van der Waals surface area contributed by atoms with Gasteiger partial charge in [0.15, 0.2) is 0 Å². The summed E-state index contributed by atoms with van der Waals surface area (Å²) in [6.45, 7) is 3.19. The van der Waals surface area contributed by atoms with E-state index in [4.69, 9.17) is 16.3 Å². The molecule has 1 aromatic heterocycles. The Balaban J connectivity index is 2.11. The lowest BCUT2D eigenvalue weighted by Gasteiger charge is -2.10. The molecule has 0 aliphatic heterocycles. The number of aromatic nitrogens is 2. The van der Waals surface area contributed by atoms with E-state index in [9.17, 15) is 0 Å². The maximum absolute atomic E-state index is 5.96. The Morgan fingerprint density at radius 3 is 2.85 bits per heavy atom. The van der Waals surface area contributed by atoms with E-state index in [0.717, 1.165) is 17.2 Å². The van der Waals surface area contributed by atoms with Crippen molar-refractivity contribution in [1.82, 2.24) is 9.97 Å². The largest absolute Gasteiger partial charge is 0.383 e. The number of hydrogen-bond donors (Lipinski definition) is 2. The van der Waals surface area contributed by atoms with E-state index in [2.05, 4.69) is 20.6 Å². The predicted molar refractivity (Wildman–Crippen MR) is 81.9 cm³/mol. The van der Waals surface area contributed by atoms with Gasteiger partial charge in [-0.2, -0.15) is 4.98 Å². The van der Waals surface area contributed by atoms with E-state index >= 15 is 0 Å². The first kappa shape index (κ1) is 14.6. The molecule has 0 amide bonds. The summed E-state index contributed by atoms with van der Waals surface area (Å²) in [5.74, 6) is 1.30. The lowest BCUT2D eigenvalue weighted by atomic mass is 10.3. The standard InChI is InChI=1S/C14H17ClN4O/c1-10-8-13(18-12-5-3-4-11(15)9-12)19-14(17-10)16-6-7-20-2/h3-5,8-9H,6-7H2,1-2H3,(H2,16,17,18,19). The maximum atomic E-state index is 5.96. The number of aryl methyl sites for hydroxylation is 1. The number of nitrogens with one attached hydrogen (secondary N) is 2. The lowest BCUT2D eigenvalue weighted by molar-refractivity contribution is 0.210. The van der Waals surface area contributed by atoms with Crippen LogP contribution in [0.25, 0.3) is 0 Å². The molecule has 0 aliphatic rings. The molecular weight excluding hydrogens is 276 g/mol. The average molecular weight is 293 g/mol. The Hall–Kier alpha value is -1.85. The Morgan fingerprint density at radius 2 is 2.10 bits per heavy atom. The molecule has 2 aromatic rings. The fourth-order valence-corrected chi connectivity index (χ4v) is 1.88. The van der Waals surface area contributed by atoms with Gasteiger partial charge in [0.2, 0.25) is 5.95 Å². The predicted octanol–water partition coefficient (Wildman–Crippen LogP) is 3.24. The maximum Gasteiger partial charge on any atom is 0.224 e. The van der Waals surface area contributed by atoms with Crippen LogP contribution < -0.4 is 10.6 Å². The average Bonchev–Trinajstić information content (AvgIpc) is 2.38. The third-order valence-corrected chi connectivity index (χ3v) is 2.78. The normalized spacial score (nSPS) is 10.3. The Bertz CT molecular complexity index is 577. The second-order valence-electron chi connectivity index (χ2n) is 4.27. The Kier molecular flexibility index (Phi) is 5.15. The summed E-state index contributed by atoms with van der Waals surface area (Å²) in [6, 6.07) is 9.37. The van der Waals surface area contributed by atoms with Gasteiger partial charge in [0, 0.05) is 36.1 Å². The molecule has 106 valence electrons. The van der Waals surface area contributed by atoms with Crippen molar-refractivity contribution >= 4 is 29.1 Å². The van der Waals surface area contributed by atoms with Crippen molar-refractivity contribution in [1.29, 1.82) is 0 Å². The molecule has 20 heavy (non-hydrogen) atoms. The zero-order valence-corrected chi connectivity index (χ0v) is 12.2. The molecule has 0 saturated heterocycles. The van der Waals surface area contributed by atoms with Gasteiger partial charge in [-0.15, -0.1) is 0 Å². The summed E-state index contributed by atoms with van der Waals surface area (Å²) in [5.41, 5.74) is 1.77. The minimum Gasteiger partial charge on any atom is -0.383 e. The van der Waals surface area contributed by atoms with E-state index in [-0.39, 0.29) is 0 Å². The molecule has 2 rings (SSSR count). The van der Waals surface area contributed by atoms with Gasteiger partial charge in [-0.1, -0.05) is 17.7 Å². The van der Waals surface area contributed by atoms with Gasteiger partial charge >= 0.3 is 0 Å². The summed E-state index contributed by atoms with van der Waals surface area (Å²) in [7, 11) is 1.66. The monoisotopic (exact) mass is 292 g/mol. The first-order valence-electron chi connectivity index (χ1n) is 6.28. The topological polar surface area (TPSA) is 59.1 Å². The van der Waals surface area contributed by atoms with Crippen LogP contribution >= 0.6 is 11.6 Å². The number of hydrogen-bond acceptors (Lipinski definition) is 5. The minimum absolute atomic E-state index is 0.576. The second kappa shape index (κ2) is 7.07. The first-order chi connectivity index (χ1) is 9.67. The fourth-order valence-electron chi connectivity index (χ4n) is 1.69. The molecule has 0 atom stereocenters. The second-order valence-corrected chi connectivity index (χ2v) is 4.71. The van der Waals surface area contributed by atoms with Gasteiger partial charge in [-0.25, -0.2) is 4.98 Å². The van der Waals surface area contributed by atoms with Crippen LogP contribution in [0.15, 0.2) is 30.3 Å². The number of ether oxygens (including phenoxy) is 1. The smallest absolute Gasteiger partial charge is 0.224 e. The molecule has 2 N–H and O–H groups in total. The summed E-state index contributed by atoms with van der Waals surface area (Å²) in [5, 5.41) is 7.00. The van der Waals surface area contributed by atoms with E-state index in [1.54, 1.807) is 7.11 Å². The van der Waals surface area contributed by atoms with E-state index < -0.39 is 0 Å². The van der Waals surface area contributed by atoms with Crippen LogP contribution in [-0.2, 0) is 4.74 Å². The molecule has 0 fully saturated rings. The highest BCUT2D eigenvalue weighted by molar-refractivity contribution is 6.30. The lowest BCUT2D eigenvalue weighted by Crippen LogP contribution is -2.11. The molecule has 1 heterocycles. The summed E-state index contributed by atoms with van der Waals surface area (Å²) >= 11 is 5.96. The van der Waals surface area contributed by atoms with Crippen LogP contribution in [0, 0.1) is 6.92 Å². The Labute approximate surface area is 123 Å². The van der Waals surface area contributed by atoms with Crippen LogP contribution in [0.5, 0.6) is 0 Å². The van der Waals surface area contributed by atoms with Gasteiger partial charge in [0.05, 0.1) is 6.61 Å². The van der Waals surface area contributed by atoms with Crippen molar-refractivity contribution in [3.8, 4) is 0 Å². The Morgan fingerprint density at radius 1 is 1.25 bits per heavy atom. The van der Waals surface area contributed by atoms with Crippen molar-refractivity contribution in [3.63, 3.8) is 0 Å². The zero-order chi connectivity index (χ0) is 14.4. The molecule has 0 spiro atoms. The van der Waals surface area contributed by atoms with Crippen LogP contribution in [-0.4, -0.2) is 30.2 Å². The molecule has 0 bridgehead atoms. The van der Waals surface area contributed by atoms with Crippen molar-refractivity contribution in [2.75, 3.05) is 30.9 Å². The molecule has 0 aliphatic carbocycles. The van der Waals surface area contributed by atoms with Gasteiger partial charge in [0.1, 0.15) is 5.82 Å². The highest BCUT2D eigenvalue weighted by Gasteiger charge is 2.03. The van der Waals surface area contributed by atoms with Crippen molar-refractivity contribution in [2.24, 2.45) is 0 Å². The highest BCUT2D eigenvalue weighted by Crippen LogP contribution is 2.20. The fraction of sp³-hybridized carbons (Fsp3) is 0.286. The van der Waals surface area contributed by atoms with Gasteiger partial charge < -0.3 is 15.4 Å². The van der Waals surface area contributed by atoms with Gasteiger partial charge in [-0.3, -0.25) is 0 Å². The van der Waals surface area contributed by atoms with Gasteiger partial charge in [0.25, 0.3) is 0 Å². The van der Waals surface area contributed by atoms with Gasteiger partial charge in [-0.05, 0) is 25.1 Å². The number of benzene rings is 1. The van der Waals surface area contributed by atoms with Crippen LogP contribution in [0.2, 0.25) is 5.02 Å². The summed E-state index contributed by atoms with van der Waals surface area (Å²) < 4.78 is 4.98.